The summed E-state index contributed by atoms with van der Waals surface area (Å²) in [7, 11) is 0. The van der Waals surface area contributed by atoms with E-state index in [0.717, 1.165) is 4.47 Å². The van der Waals surface area contributed by atoms with Crippen LogP contribution in [0, 0.1) is 0 Å². The molecule has 0 fully saturated rings. The first-order valence-electron chi connectivity index (χ1n) is 5.57. The fourth-order valence-electron chi connectivity index (χ4n) is 1.55. The molecule has 0 heterocycles. The number of carboxylic acids is 1. The zero-order valence-electron chi connectivity index (χ0n) is 10.1. The van der Waals surface area contributed by atoms with E-state index in [1.54, 1.807) is 30.3 Å². The molecule has 0 bridgehead atoms. The molecule has 4 nitrogen and oxygen atoms in total. The van der Waals surface area contributed by atoms with Gasteiger partial charge in [-0.25, -0.2) is 4.79 Å². The number of hydrogen-bond acceptors (Lipinski definition) is 2. The monoisotopic (exact) mass is 397 g/mol. The predicted molar refractivity (Wildman–Crippen MR) is 83.2 cm³/mol. The zero-order valence-corrected chi connectivity index (χ0v) is 13.2. The maximum absolute atomic E-state index is 12.1. The maximum Gasteiger partial charge on any atom is 0.335 e. The van der Waals surface area contributed by atoms with Gasteiger partial charge < -0.3 is 10.4 Å². The molecule has 0 unspecified atom stereocenters. The minimum absolute atomic E-state index is 0.110. The van der Waals surface area contributed by atoms with Crippen molar-refractivity contribution in [1.29, 1.82) is 0 Å². The van der Waals surface area contributed by atoms with Gasteiger partial charge in [-0.1, -0.05) is 15.9 Å². The first-order chi connectivity index (χ1) is 9.47. The molecule has 0 saturated heterocycles. The topological polar surface area (TPSA) is 66.4 Å². The SMILES string of the molecule is O=C(O)c1ccc(Br)c(NC(=O)c2ccc(Br)cc2)c1. The first kappa shape index (κ1) is 14.7. The number of carbonyl (C=O) groups excluding carboxylic acids is 1. The van der Waals surface area contributed by atoms with Crippen molar-refractivity contribution in [2.45, 2.75) is 0 Å². The number of carbonyl (C=O) groups is 2. The summed E-state index contributed by atoms with van der Waals surface area (Å²) in [6.45, 7) is 0. The van der Waals surface area contributed by atoms with E-state index in [9.17, 15) is 9.59 Å². The van der Waals surface area contributed by atoms with Gasteiger partial charge >= 0.3 is 5.97 Å². The zero-order chi connectivity index (χ0) is 14.7. The van der Waals surface area contributed by atoms with E-state index in [1.165, 1.54) is 12.1 Å². The average Bonchev–Trinajstić information content (AvgIpc) is 2.41. The number of hydrogen-bond donors (Lipinski definition) is 2. The van der Waals surface area contributed by atoms with E-state index < -0.39 is 5.97 Å². The molecule has 0 spiro atoms. The fraction of sp³-hybridized carbons (Fsp3) is 0. The van der Waals surface area contributed by atoms with Gasteiger partial charge in [0, 0.05) is 14.5 Å². The van der Waals surface area contributed by atoms with Gasteiger partial charge in [0.05, 0.1) is 11.3 Å². The molecular weight excluding hydrogens is 390 g/mol. The predicted octanol–water partition coefficient (Wildman–Crippen LogP) is 4.16. The standard InChI is InChI=1S/C14H9Br2NO3/c15-10-4-1-8(2-5-10)13(18)17-12-7-9(14(19)20)3-6-11(12)16/h1-7H,(H,17,18)(H,19,20). The Hall–Kier alpha value is -1.66. The Balaban J connectivity index is 2.25. The van der Waals surface area contributed by atoms with Crippen molar-refractivity contribution in [2.75, 3.05) is 5.32 Å². The van der Waals surface area contributed by atoms with Gasteiger partial charge in [0.2, 0.25) is 0 Å². The molecule has 6 heteroatoms. The highest BCUT2D eigenvalue weighted by atomic mass is 79.9. The number of amides is 1. The minimum atomic E-state index is -1.04. The highest BCUT2D eigenvalue weighted by molar-refractivity contribution is 9.10. The Morgan fingerprint density at radius 2 is 1.55 bits per heavy atom. The number of aromatic carboxylic acids is 1. The van der Waals surface area contributed by atoms with Gasteiger partial charge in [0.1, 0.15) is 0 Å². The summed E-state index contributed by atoms with van der Waals surface area (Å²) in [5, 5.41) is 11.6. The lowest BCUT2D eigenvalue weighted by atomic mass is 10.2. The van der Waals surface area contributed by atoms with Crippen molar-refractivity contribution in [3.8, 4) is 0 Å². The first-order valence-corrected chi connectivity index (χ1v) is 7.16. The molecule has 2 aromatic rings. The Bertz CT molecular complexity index is 669. The van der Waals surface area contributed by atoms with Crippen LogP contribution in [0.2, 0.25) is 0 Å². The number of nitrogens with one attached hydrogen (secondary N) is 1. The van der Waals surface area contributed by atoms with E-state index in [2.05, 4.69) is 37.2 Å². The third-order valence-electron chi connectivity index (χ3n) is 2.57. The van der Waals surface area contributed by atoms with Gasteiger partial charge in [-0.15, -0.1) is 0 Å². The molecule has 0 aliphatic carbocycles. The third-order valence-corrected chi connectivity index (χ3v) is 3.79. The Labute approximate surface area is 132 Å². The Morgan fingerprint density at radius 3 is 2.15 bits per heavy atom. The Morgan fingerprint density at radius 1 is 0.950 bits per heavy atom. The molecule has 0 aliphatic heterocycles. The lowest BCUT2D eigenvalue weighted by Crippen LogP contribution is -2.12. The van der Waals surface area contributed by atoms with Crippen molar-refractivity contribution in [1.82, 2.24) is 0 Å². The molecule has 0 aliphatic rings. The van der Waals surface area contributed by atoms with Crippen LogP contribution in [0.4, 0.5) is 5.69 Å². The van der Waals surface area contributed by atoms with Gasteiger partial charge in [0.25, 0.3) is 5.91 Å². The second kappa shape index (κ2) is 6.19. The second-order valence-electron chi connectivity index (χ2n) is 3.96. The van der Waals surface area contributed by atoms with E-state index in [-0.39, 0.29) is 11.5 Å². The van der Waals surface area contributed by atoms with E-state index >= 15 is 0 Å². The molecule has 102 valence electrons. The molecule has 0 atom stereocenters. The van der Waals surface area contributed by atoms with Crippen LogP contribution in [-0.2, 0) is 0 Å². The second-order valence-corrected chi connectivity index (χ2v) is 5.73. The maximum atomic E-state index is 12.1. The molecule has 2 rings (SSSR count). The van der Waals surface area contributed by atoms with Crippen LogP contribution >= 0.6 is 31.9 Å². The number of anilines is 1. The van der Waals surface area contributed by atoms with Gasteiger partial charge in [-0.3, -0.25) is 4.79 Å². The molecule has 2 aromatic carbocycles. The van der Waals surface area contributed by atoms with Crippen molar-refractivity contribution in [3.63, 3.8) is 0 Å². The number of benzene rings is 2. The summed E-state index contributed by atoms with van der Waals surface area (Å²) in [6, 6.07) is 11.3. The van der Waals surface area contributed by atoms with Crippen molar-refractivity contribution < 1.29 is 14.7 Å². The van der Waals surface area contributed by atoms with Crippen molar-refractivity contribution in [2.24, 2.45) is 0 Å². The largest absolute Gasteiger partial charge is 0.478 e. The van der Waals surface area contributed by atoms with Crippen LogP contribution in [0.5, 0.6) is 0 Å². The molecule has 0 saturated carbocycles. The molecular formula is C14H9Br2NO3. The van der Waals surface area contributed by atoms with Gasteiger partial charge in [-0.2, -0.15) is 0 Å². The number of rotatable bonds is 3. The lowest BCUT2D eigenvalue weighted by Gasteiger charge is -2.08. The van der Waals surface area contributed by atoms with Gasteiger partial charge in [0.15, 0.2) is 0 Å². The quantitative estimate of drug-likeness (QED) is 0.815. The molecule has 2 N–H and O–H groups in total. The lowest BCUT2D eigenvalue weighted by molar-refractivity contribution is 0.0696. The van der Waals surface area contributed by atoms with Crippen LogP contribution in [0.3, 0.4) is 0 Å². The van der Waals surface area contributed by atoms with Crippen LogP contribution < -0.4 is 5.32 Å². The van der Waals surface area contributed by atoms with Crippen molar-refractivity contribution >= 4 is 49.4 Å². The van der Waals surface area contributed by atoms with Crippen LogP contribution in [0.25, 0.3) is 0 Å². The summed E-state index contributed by atoms with van der Waals surface area (Å²) >= 11 is 6.57. The van der Waals surface area contributed by atoms with E-state index in [0.29, 0.717) is 15.7 Å². The summed E-state index contributed by atoms with van der Waals surface area (Å²) in [5.41, 5.74) is 1.01. The summed E-state index contributed by atoms with van der Waals surface area (Å²) in [4.78, 5) is 23.0. The fourth-order valence-corrected chi connectivity index (χ4v) is 2.16. The normalized spacial score (nSPS) is 10.1. The summed E-state index contributed by atoms with van der Waals surface area (Å²) in [6.07, 6.45) is 0. The minimum Gasteiger partial charge on any atom is -0.478 e. The third kappa shape index (κ3) is 3.46. The number of carboxylic acid groups (broad SMARTS) is 1. The van der Waals surface area contributed by atoms with Crippen LogP contribution in [0.15, 0.2) is 51.4 Å². The van der Waals surface area contributed by atoms with Crippen LogP contribution in [0.1, 0.15) is 20.7 Å². The van der Waals surface area contributed by atoms with Crippen LogP contribution in [-0.4, -0.2) is 17.0 Å². The molecule has 20 heavy (non-hydrogen) atoms. The highest BCUT2D eigenvalue weighted by Crippen LogP contribution is 2.24. The van der Waals surface area contributed by atoms with Gasteiger partial charge in [-0.05, 0) is 58.4 Å². The molecule has 1 amide bonds. The number of halogens is 2. The summed E-state index contributed by atoms with van der Waals surface area (Å²) in [5.74, 6) is -1.35. The molecule has 0 radical (unpaired) electrons. The van der Waals surface area contributed by atoms with E-state index in [1.807, 2.05) is 0 Å². The average molecular weight is 399 g/mol. The van der Waals surface area contributed by atoms with Crippen molar-refractivity contribution in [3.05, 3.63) is 62.5 Å². The summed E-state index contributed by atoms with van der Waals surface area (Å²) < 4.78 is 1.50. The molecule has 0 aromatic heterocycles. The Kier molecular flexibility index (Phi) is 4.57. The van der Waals surface area contributed by atoms with E-state index in [4.69, 9.17) is 5.11 Å². The highest BCUT2D eigenvalue weighted by Gasteiger charge is 2.11. The smallest absolute Gasteiger partial charge is 0.335 e.